The lowest BCUT2D eigenvalue weighted by atomic mass is 10.2. The third-order valence-electron chi connectivity index (χ3n) is 2.89. The Hall–Kier alpha value is -2.62. The first-order valence-corrected chi connectivity index (χ1v) is 7.00. The first-order valence-electron chi connectivity index (χ1n) is 7.00. The first kappa shape index (κ1) is 14.8. The molecule has 0 aromatic heterocycles. The van der Waals surface area contributed by atoms with Crippen molar-refractivity contribution >= 4 is 17.8 Å². The molecule has 21 heavy (non-hydrogen) atoms. The summed E-state index contributed by atoms with van der Waals surface area (Å²) in [4.78, 5) is 11.6. The van der Waals surface area contributed by atoms with Crippen LogP contribution in [0.1, 0.15) is 18.4 Å². The Kier molecular flexibility index (Phi) is 6.00. The number of nitrogens with one attached hydrogen (secondary N) is 2. The number of carbonyl (C=O) groups excluding carboxylic acids is 1. The maximum absolute atomic E-state index is 11.6. The number of benzene rings is 2. The van der Waals surface area contributed by atoms with Crippen molar-refractivity contribution in [3.8, 4) is 0 Å². The van der Waals surface area contributed by atoms with Crippen LogP contribution in [-0.2, 0) is 4.79 Å². The molecule has 0 bridgehead atoms. The van der Waals surface area contributed by atoms with E-state index in [9.17, 15) is 4.79 Å². The molecule has 2 aromatic rings. The van der Waals surface area contributed by atoms with Gasteiger partial charge in [0.15, 0.2) is 0 Å². The van der Waals surface area contributed by atoms with Gasteiger partial charge in [-0.2, -0.15) is 5.10 Å². The van der Waals surface area contributed by atoms with Crippen molar-refractivity contribution in [1.82, 2.24) is 5.43 Å². The summed E-state index contributed by atoms with van der Waals surface area (Å²) in [7, 11) is 0. The smallest absolute Gasteiger partial charge is 0.240 e. The van der Waals surface area contributed by atoms with Crippen molar-refractivity contribution in [1.29, 1.82) is 0 Å². The van der Waals surface area contributed by atoms with Crippen molar-refractivity contribution in [2.75, 3.05) is 11.9 Å². The number of carbonyl (C=O) groups is 1. The van der Waals surface area contributed by atoms with Gasteiger partial charge in [-0.3, -0.25) is 4.79 Å². The highest BCUT2D eigenvalue weighted by atomic mass is 16.2. The molecule has 0 saturated heterocycles. The molecule has 4 heteroatoms. The van der Waals surface area contributed by atoms with Crippen molar-refractivity contribution in [3.63, 3.8) is 0 Å². The predicted molar refractivity (Wildman–Crippen MR) is 86.3 cm³/mol. The van der Waals surface area contributed by atoms with E-state index in [1.165, 1.54) is 0 Å². The van der Waals surface area contributed by atoms with E-state index in [1.54, 1.807) is 6.21 Å². The summed E-state index contributed by atoms with van der Waals surface area (Å²) in [6, 6.07) is 19.6. The molecule has 0 fully saturated rings. The zero-order valence-electron chi connectivity index (χ0n) is 11.8. The third-order valence-corrected chi connectivity index (χ3v) is 2.89. The number of anilines is 1. The summed E-state index contributed by atoms with van der Waals surface area (Å²) >= 11 is 0. The van der Waals surface area contributed by atoms with Gasteiger partial charge >= 0.3 is 0 Å². The van der Waals surface area contributed by atoms with Crippen LogP contribution in [0.2, 0.25) is 0 Å². The summed E-state index contributed by atoms with van der Waals surface area (Å²) < 4.78 is 0. The van der Waals surface area contributed by atoms with Gasteiger partial charge in [-0.25, -0.2) is 5.43 Å². The minimum absolute atomic E-state index is 0.0722. The molecule has 0 aliphatic rings. The van der Waals surface area contributed by atoms with Crippen molar-refractivity contribution in [3.05, 3.63) is 66.2 Å². The van der Waals surface area contributed by atoms with Crippen LogP contribution in [-0.4, -0.2) is 18.7 Å². The van der Waals surface area contributed by atoms with E-state index < -0.39 is 0 Å². The highest BCUT2D eigenvalue weighted by molar-refractivity contribution is 5.82. The van der Waals surface area contributed by atoms with E-state index in [-0.39, 0.29) is 5.91 Å². The quantitative estimate of drug-likeness (QED) is 0.465. The molecule has 4 nitrogen and oxygen atoms in total. The van der Waals surface area contributed by atoms with Crippen molar-refractivity contribution in [2.24, 2.45) is 5.10 Å². The van der Waals surface area contributed by atoms with Crippen LogP contribution in [0.15, 0.2) is 65.8 Å². The van der Waals surface area contributed by atoms with Crippen LogP contribution in [0.4, 0.5) is 5.69 Å². The average Bonchev–Trinajstić information content (AvgIpc) is 2.54. The fraction of sp³-hybridized carbons (Fsp3) is 0.176. The molecule has 2 rings (SSSR count). The normalized spacial score (nSPS) is 10.5. The van der Waals surface area contributed by atoms with Crippen molar-refractivity contribution in [2.45, 2.75) is 12.8 Å². The number of hydrogen-bond donors (Lipinski definition) is 2. The molecule has 2 N–H and O–H groups in total. The van der Waals surface area contributed by atoms with Gasteiger partial charge in [-0.1, -0.05) is 48.5 Å². The molecule has 2 aromatic carbocycles. The van der Waals surface area contributed by atoms with Gasteiger partial charge in [0.25, 0.3) is 0 Å². The number of rotatable bonds is 7. The average molecular weight is 281 g/mol. The van der Waals surface area contributed by atoms with Gasteiger partial charge in [-0.15, -0.1) is 0 Å². The molecule has 0 aliphatic heterocycles. The standard InChI is InChI=1S/C17H19N3O/c21-17(20-19-14-15-8-3-1-4-9-15)12-7-13-18-16-10-5-2-6-11-16/h1-6,8-11,14,18H,7,12-13H2,(H,20,21). The predicted octanol–water partition coefficient (Wildman–Crippen LogP) is 3.03. The number of amides is 1. The van der Waals surface area contributed by atoms with E-state index >= 15 is 0 Å². The van der Waals surface area contributed by atoms with E-state index in [0.29, 0.717) is 6.42 Å². The summed E-state index contributed by atoms with van der Waals surface area (Å²) in [5.74, 6) is -0.0722. The highest BCUT2D eigenvalue weighted by Crippen LogP contribution is 2.04. The van der Waals surface area contributed by atoms with Gasteiger partial charge in [0, 0.05) is 18.7 Å². The zero-order chi connectivity index (χ0) is 14.8. The molecule has 0 radical (unpaired) electrons. The second kappa shape index (κ2) is 8.53. The van der Waals surface area contributed by atoms with Crippen molar-refractivity contribution < 1.29 is 4.79 Å². The van der Waals surface area contributed by atoms with Gasteiger partial charge in [0.05, 0.1) is 6.21 Å². The molecular formula is C17H19N3O. The van der Waals surface area contributed by atoms with Gasteiger partial charge in [0.2, 0.25) is 5.91 Å². The highest BCUT2D eigenvalue weighted by Gasteiger charge is 1.98. The van der Waals surface area contributed by atoms with Crippen LogP contribution >= 0.6 is 0 Å². The maximum atomic E-state index is 11.6. The fourth-order valence-corrected chi connectivity index (χ4v) is 1.81. The monoisotopic (exact) mass is 281 g/mol. The Balaban J connectivity index is 1.61. The summed E-state index contributed by atoms with van der Waals surface area (Å²) in [6.45, 7) is 0.764. The summed E-state index contributed by atoms with van der Waals surface area (Å²) in [5.41, 5.74) is 4.56. The number of para-hydroxylation sites is 1. The van der Waals surface area contributed by atoms with Gasteiger partial charge < -0.3 is 5.32 Å². The molecule has 0 saturated carbocycles. The topological polar surface area (TPSA) is 53.5 Å². The Morgan fingerprint density at radius 2 is 1.67 bits per heavy atom. The second-order valence-corrected chi connectivity index (χ2v) is 4.60. The molecule has 1 amide bonds. The molecule has 108 valence electrons. The van der Waals surface area contributed by atoms with Gasteiger partial charge in [0.1, 0.15) is 0 Å². The van der Waals surface area contributed by atoms with E-state index in [2.05, 4.69) is 15.8 Å². The molecule has 0 aliphatic carbocycles. The van der Waals surface area contributed by atoms with Crippen LogP contribution in [0, 0.1) is 0 Å². The summed E-state index contributed by atoms with van der Waals surface area (Å²) in [5, 5.41) is 7.20. The number of hydrogen-bond acceptors (Lipinski definition) is 3. The Morgan fingerprint density at radius 3 is 2.38 bits per heavy atom. The molecular weight excluding hydrogens is 262 g/mol. The van der Waals surface area contributed by atoms with Crippen LogP contribution in [0.25, 0.3) is 0 Å². The summed E-state index contributed by atoms with van der Waals surface area (Å²) in [6.07, 6.45) is 2.85. The van der Waals surface area contributed by atoms with Crippen LogP contribution < -0.4 is 10.7 Å². The van der Waals surface area contributed by atoms with E-state index in [4.69, 9.17) is 0 Å². The minimum Gasteiger partial charge on any atom is -0.385 e. The number of nitrogens with zero attached hydrogens (tertiary/aromatic N) is 1. The maximum Gasteiger partial charge on any atom is 0.240 e. The third kappa shape index (κ3) is 5.91. The first-order chi connectivity index (χ1) is 10.3. The van der Waals surface area contributed by atoms with E-state index in [0.717, 1.165) is 24.2 Å². The molecule has 0 unspecified atom stereocenters. The largest absolute Gasteiger partial charge is 0.385 e. The Morgan fingerprint density at radius 1 is 1.00 bits per heavy atom. The molecule has 0 atom stereocenters. The SMILES string of the molecule is O=C(CCCNc1ccccc1)NN=Cc1ccccc1. The van der Waals surface area contributed by atoms with Gasteiger partial charge in [-0.05, 0) is 24.1 Å². The minimum atomic E-state index is -0.0722. The number of hydrazone groups is 1. The Labute approximate surface area is 124 Å². The van der Waals surface area contributed by atoms with E-state index in [1.807, 2.05) is 60.7 Å². The zero-order valence-corrected chi connectivity index (χ0v) is 11.8. The molecule has 0 heterocycles. The molecule has 0 spiro atoms. The van der Waals surface area contributed by atoms with Crippen LogP contribution in [0.5, 0.6) is 0 Å². The second-order valence-electron chi connectivity index (χ2n) is 4.60. The Bertz CT molecular complexity index is 567. The lowest BCUT2D eigenvalue weighted by Gasteiger charge is -2.05. The lowest BCUT2D eigenvalue weighted by Crippen LogP contribution is -2.18. The van der Waals surface area contributed by atoms with Crippen LogP contribution in [0.3, 0.4) is 0 Å². The fourth-order valence-electron chi connectivity index (χ4n) is 1.81. The lowest BCUT2D eigenvalue weighted by molar-refractivity contribution is -0.121.